The molecule has 4 rings (SSSR count). The summed E-state index contributed by atoms with van der Waals surface area (Å²) in [5.74, 6) is -0.0725. The van der Waals surface area contributed by atoms with Gasteiger partial charge in [-0.25, -0.2) is 4.98 Å². The highest BCUT2D eigenvalue weighted by atomic mass is 16.5. The van der Waals surface area contributed by atoms with Crippen LogP contribution in [0.4, 0.5) is 0 Å². The van der Waals surface area contributed by atoms with Crippen molar-refractivity contribution in [1.29, 1.82) is 0 Å². The van der Waals surface area contributed by atoms with Gasteiger partial charge in [-0.2, -0.15) is 5.10 Å². The van der Waals surface area contributed by atoms with Crippen LogP contribution in [0.2, 0.25) is 0 Å². The van der Waals surface area contributed by atoms with E-state index in [1.165, 1.54) is 11.9 Å². The van der Waals surface area contributed by atoms with Crippen molar-refractivity contribution in [3.8, 4) is 0 Å². The number of rotatable bonds is 2. The van der Waals surface area contributed by atoms with Crippen LogP contribution in [0, 0.1) is 0 Å². The summed E-state index contributed by atoms with van der Waals surface area (Å²) in [6, 6.07) is 0.00107. The Hall–Kier alpha value is -2.28. The lowest BCUT2D eigenvalue weighted by molar-refractivity contribution is 0.0720. The van der Waals surface area contributed by atoms with Gasteiger partial charge in [0.25, 0.3) is 5.91 Å². The topological polar surface area (TPSA) is 73.1 Å². The molecule has 1 atom stereocenters. The number of carbonyl (C=O) groups is 1. The van der Waals surface area contributed by atoms with Crippen molar-refractivity contribution in [2.24, 2.45) is 7.05 Å². The van der Waals surface area contributed by atoms with Crippen molar-refractivity contribution in [3.05, 3.63) is 41.2 Å². The minimum absolute atomic E-state index is 0.00107. The zero-order chi connectivity index (χ0) is 15.8. The molecule has 4 heterocycles. The van der Waals surface area contributed by atoms with Crippen molar-refractivity contribution in [2.75, 3.05) is 13.2 Å². The standard InChI is InChI=1S/C16H19N5O2/c1-20-13-4-8-23-10-11(13)15(19-20)14-3-2-7-21(14)16(22)12-9-17-5-6-18-12/h5-6,9,14H,2-4,7-8,10H2,1H3. The summed E-state index contributed by atoms with van der Waals surface area (Å²) < 4.78 is 7.55. The molecule has 0 N–H and O–H groups in total. The van der Waals surface area contributed by atoms with E-state index in [1.54, 1.807) is 12.4 Å². The monoisotopic (exact) mass is 313 g/mol. The summed E-state index contributed by atoms with van der Waals surface area (Å²) in [4.78, 5) is 22.8. The van der Waals surface area contributed by atoms with E-state index in [-0.39, 0.29) is 11.9 Å². The van der Waals surface area contributed by atoms with Crippen LogP contribution in [-0.2, 0) is 24.8 Å². The second kappa shape index (κ2) is 5.73. The number of likely N-dealkylation sites (tertiary alicyclic amines) is 1. The molecular formula is C16H19N5O2. The lowest BCUT2D eigenvalue weighted by atomic mass is 10.0. The first-order chi connectivity index (χ1) is 11.3. The van der Waals surface area contributed by atoms with E-state index in [4.69, 9.17) is 9.84 Å². The van der Waals surface area contributed by atoms with Crippen LogP contribution < -0.4 is 0 Å². The highest BCUT2D eigenvalue weighted by molar-refractivity contribution is 5.92. The number of nitrogens with zero attached hydrogens (tertiary/aromatic N) is 5. The SMILES string of the molecule is Cn1nc(C2CCCN2C(=O)c2cnccn2)c2c1CCOC2. The highest BCUT2D eigenvalue weighted by Gasteiger charge is 2.36. The fourth-order valence-electron chi connectivity index (χ4n) is 3.56. The molecule has 7 heteroatoms. The zero-order valence-electron chi connectivity index (χ0n) is 13.1. The summed E-state index contributed by atoms with van der Waals surface area (Å²) in [6.45, 7) is 2.05. The largest absolute Gasteiger partial charge is 0.376 e. The molecule has 1 unspecified atom stereocenters. The molecule has 2 aromatic heterocycles. The summed E-state index contributed by atoms with van der Waals surface area (Å²) >= 11 is 0. The van der Waals surface area contributed by atoms with Gasteiger partial charge in [0, 0.05) is 43.7 Å². The van der Waals surface area contributed by atoms with Gasteiger partial charge in [-0.3, -0.25) is 14.5 Å². The molecule has 7 nitrogen and oxygen atoms in total. The molecular weight excluding hydrogens is 294 g/mol. The molecule has 1 fully saturated rings. The second-order valence-electron chi connectivity index (χ2n) is 5.98. The molecule has 2 aliphatic rings. The van der Waals surface area contributed by atoms with Crippen LogP contribution in [0.1, 0.15) is 46.3 Å². The Morgan fingerprint density at radius 2 is 2.30 bits per heavy atom. The maximum atomic E-state index is 12.8. The minimum atomic E-state index is -0.0725. The summed E-state index contributed by atoms with van der Waals surface area (Å²) in [6.07, 6.45) is 7.43. The van der Waals surface area contributed by atoms with Crippen molar-refractivity contribution in [3.63, 3.8) is 0 Å². The van der Waals surface area contributed by atoms with Gasteiger partial charge in [0.15, 0.2) is 0 Å². The van der Waals surface area contributed by atoms with Crippen molar-refractivity contribution in [1.82, 2.24) is 24.6 Å². The average molecular weight is 313 g/mol. The summed E-state index contributed by atoms with van der Waals surface area (Å²) in [7, 11) is 1.97. The van der Waals surface area contributed by atoms with E-state index < -0.39 is 0 Å². The summed E-state index contributed by atoms with van der Waals surface area (Å²) in [5, 5.41) is 4.71. The normalized spacial score (nSPS) is 20.6. The van der Waals surface area contributed by atoms with Gasteiger partial charge in [0.1, 0.15) is 5.69 Å². The number of ether oxygens (including phenoxy) is 1. The molecule has 0 saturated carbocycles. The Kier molecular flexibility index (Phi) is 3.57. The number of hydrogen-bond acceptors (Lipinski definition) is 5. The van der Waals surface area contributed by atoms with Crippen LogP contribution in [0.15, 0.2) is 18.6 Å². The number of hydrogen-bond donors (Lipinski definition) is 0. The van der Waals surface area contributed by atoms with E-state index >= 15 is 0 Å². The predicted molar refractivity (Wildman–Crippen MR) is 81.6 cm³/mol. The molecule has 120 valence electrons. The first kappa shape index (κ1) is 14.3. The average Bonchev–Trinajstić information content (AvgIpc) is 3.20. The minimum Gasteiger partial charge on any atom is -0.376 e. The van der Waals surface area contributed by atoms with Crippen LogP contribution in [0.3, 0.4) is 0 Å². The third kappa shape index (κ3) is 2.41. The van der Waals surface area contributed by atoms with E-state index in [0.29, 0.717) is 12.3 Å². The Morgan fingerprint density at radius 1 is 1.39 bits per heavy atom. The molecule has 2 aliphatic heterocycles. The lowest BCUT2D eigenvalue weighted by Gasteiger charge is -2.24. The maximum Gasteiger partial charge on any atom is 0.274 e. The van der Waals surface area contributed by atoms with Gasteiger partial charge in [0.2, 0.25) is 0 Å². The van der Waals surface area contributed by atoms with Gasteiger partial charge in [-0.1, -0.05) is 0 Å². The highest BCUT2D eigenvalue weighted by Crippen LogP contribution is 2.36. The Labute approximate surface area is 134 Å². The number of fused-ring (bicyclic) bond motifs is 1. The molecule has 0 spiro atoms. The third-order valence-corrected chi connectivity index (χ3v) is 4.65. The first-order valence-corrected chi connectivity index (χ1v) is 7.95. The number of amides is 1. The van der Waals surface area contributed by atoms with Crippen LogP contribution in [0.5, 0.6) is 0 Å². The lowest BCUT2D eigenvalue weighted by Crippen LogP contribution is -2.32. The number of aromatic nitrogens is 4. The van der Waals surface area contributed by atoms with Crippen LogP contribution in [-0.4, -0.2) is 43.7 Å². The fourth-order valence-corrected chi connectivity index (χ4v) is 3.56. The Bertz CT molecular complexity index is 728. The van der Waals surface area contributed by atoms with Gasteiger partial charge in [0.05, 0.1) is 31.1 Å². The fraction of sp³-hybridized carbons (Fsp3) is 0.500. The van der Waals surface area contributed by atoms with E-state index in [2.05, 4.69) is 9.97 Å². The Morgan fingerprint density at radius 3 is 3.13 bits per heavy atom. The smallest absolute Gasteiger partial charge is 0.274 e. The zero-order valence-corrected chi connectivity index (χ0v) is 13.1. The third-order valence-electron chi connectivity index (χ3n) is 4.65. The van der Waals surface area contributed by atoms with Crippen LogP contribution in [0.25, 0.3) is 0 Å². The molecule has 0 aliphatic carbocycles. The number of aryl methyl sites for hydroxylation is 1. The second-order valence-corrected chi connectivity index (χ2v) is 5.98. The number of carbonyl (C=O) groups excluding carboxylic acids is 1. The molecule has 0 aromatic carbocycles. The summed E-state index contributed by atoms with van der Waals surface area (Å²) in [5.41, 5.74) is 3.75. The Balaban J connectivity index is 1.67. The van der Waals surface area contributed by atoms with Gasteiger partial charge >= 0.3 is 0 Å². The quantitative estimate of drug-likeness (QED) is 0.834. The van der Waals surface area contributed by atoms with Gasteiger partial charge in [-0.05, 0) is 12.8 Å². The molecule has 0 radical (unpaired) electrons. The van der Waals surface area contributed by atoms with Gasteiger partial charge < -0.3 is 9.64 Å². The van der Waals surface area contributed by atoms with Crippen molar-refractivity contribution in [2.45, 2.75) is 31.9 Å². The molecule has 1 amide bonds. The molecule has 0 bridgehead atoms. The maximum absolute atomic E-state index is 12.8. The molecule has 23 heavy (non-hydrogen) atoms. The van der Waals surface area contributed by atoms with E-state index in [0.717, 1.165) is 43.7 Å². The van der Waals surface area contributed by atoms with Crippen molar-refractivity contribution < 1.29 is 9.53 Å². The first-order valence-electron chi connectivity index (χ1n) is 7.95. The van der Waals surface area contributed by atoms with E-state index in [9.17, 15) is 4.79 Å². The predicted octanol–water partition coefficient (Wildman–Crippen LogP) is 1.26. The van der Waals surface area contributed by atoms with Crippen LogP contribution >= 0.6 is 0 Å². The van der Waals surface area contributed by atoms with Gasteiger partial charge in [-0.15, -0.1) is 0 Å². The molecule has 1 saturated heterocycles. The molecule has 2 aromatic rings. The van der Waals surface area contributed by atoms with Crippen molar-refractivity contribution >= 4 is 5.91 Å². The van der Waals surface area contributed by atoms with E-state index in [1.807, 2.05) is 16.6 Å².